The third-order valence-corrected chi connectivity index (χ3v) is 3.28. The van der Waals surface area contributed by atoms with Crippen LogP contribution in [-0.2, 0) is 0 Å². The first-order valence-electron chi connectivity index (χ1n) is 5.96. The van der Waals surface area contributed by atoms with Gasteiger partial charge >= 0.3 is 0 Å². The highest BCUT2D eigenvalue weighted by atomic mass is 15.2. The van der Waals surface area contributed by atoms with E-state index in [1.54, 1.807) is 0 Å². The quantitative estimate of drug-likeness (QED) is 0.604. The molecule has 2 rings (SSSR count). The van der Waals surface area contributed by atoms with Gasteiger partial charge in [0.1, 0.15) is 11.7 Å². The Morgan fingerprint density at radius 3 is 2.71 bits per heavy atom. The molecule has 0 radical (unpaired) electrons. The number of nitrogen functional groups attached to an aromatic ring is 1. The van der Waals surface area contributed by atoms with Crippen molar-refractivity contribution in [2.75, 3.05) is 18.0 Å². The Hall–Kier alpha value is -1.58. The highest BCUT2D eigenvalue weighted by Gasteiger charge is 2.31. The number of rotatable bonds is 2. The first-order valence-corrected chi connectivity index (χ1v) is 5.96. The van der Waals surface area contributed by atoms with Crippen molar-refractivity contribution >= 4 is 11.7 Å². The van der Waals surface area contributed by atoms with Crippen LogP contribution in [0.2, 0.25) is 0 Å². The lowest BCUT2D eigenvalue weighted by Gasteiger charge is -2.23. The van der Waals surface area contributed by atoms with E-state index in [1.165, 1.54) is 0 Å². The number of pyridine rings is 1. The summed E-state index contributed by atoms with van der Waals surface area (Å²) in [7, 11) is 0. The first kappa shape index (κ1) is 11.9. The van der Waals surface area contributed by atoms with E-state index in [2.05, 4.69) is 23.7 Å². The summed E-state index contributed by atoms with van der Waals surface area (Å²) in [5, 5.41) is 7.62. The van der Waals surface area contributed by atoms with Crippen LogP contribution < -0.4 is 10.6 Å². The average Bonchev–Trinajstić information content (AvgIpc) is 2.58. The van der Waals surface area contributed by atoms with Crippen LogP contribution in [0.4, 0.5) is 5.82 Å². The summed E-state index contributed by atoms with van der Waals surface area (Å²) in [6.45, 7) is 8.45. The Morgan fingerprint density at radius 2 is 2.18 bits per heavy atom. The molecule has 4 heteroatoms. The lowest BCUT2D eigenvalue weighted by molar-refractivity contribution is 0.418. The Balaban J connectivity index is 2.38. The normalized spacial score (nSPS) is 18.4. The summed E-state index contributed by atoms with van der Waals surface area (Å²) in [6, 6.07) is 3.80. The molecule has 3 N–H and O–H groups in total. The van der Waals surface area contributed by atoms with Gasteiger partial charge in [0.05, 0.1) is 5.56 Å². The molecule has 17 heavy (non-hydrogen) atoms. The van der Waals surface area contributed by atoms with E-state index in [0.717, 1.165) is 36.6 Å². The number of amidine groups is 1. The summed E-state index contributed by atoms with van der Waals surface area (Å²) in [5.41, 5.74) is 7.65. The van der Waals surface area contributed by atoms with Crippen molar-refractivity contribution in [3.63, 3.8) is 0 Å². The maximum Gasteiger partial charge on any atom is 0.139 e. The minimum Gasteiger partial charge on any atom is -0.384 e. The van der Waals surface area contributed by atoms with E-state index in [-0.39, 0.29) is 5.84 Å². The zero-order valence-electron chi connectivity index (χ0n) is 10.7. The molecule has 0 unspecified atom stereocenters. The highest BCUT2D eigenvalue weighted by molar-refractivity contribution is 5.99. The molecule has 92 valence electrons. The predicted octanol–water partition coefficient (Wildman–Crippen LogP) is 1.91. The third kappa shape index (κ3) is 2.40. The van der Waals surface area contributed by atoms with Gasteiger partial charge in [0, 0.05) is 18.8 Å². The molecule has 0 atom stereocenters. The van der Waals surface area contributed by atoms with E-state index in [9.17, 15) is 0 Å². The number of aryl methyl sites for hydroxylation is 1. The molecule has 1 fully saturated rings. The van der Waals surface area contributed by atoms with Gasteiger partial charge in [-0.3, -0.25) is 5.41 Å². The molecule has 1 aromatic rings. The fourth-order valence-electron chi connectivity index (χ4n) is 2.29. The van der Waals surface area contributed by atoms with Crippen LogP contribution in [0.1, 0.15) is 31.5 Å². The molecule has 1 aliphatic heterocycles. The van der Waals surface area contributed by atoms with Crippen molar-refractivity contribution in [3.8, 4) is 0 Å². The lowest BCUT2D eigenvalue weighted by atomic mass is 9.93. The average molecular weight is 232 g/mol. The van der Waals surface area contributed by atoms with Gasteiger partial charge in [0.2, 0.25) is 0 Å². The van der Waals surface area contributed by atoms with Gasteiger partial charge in [-0.25, -0.2) is 4.98 Å². The Labute approximate surface area is 102 Å². The van der Waals surface area contributed by atoms with Crippen molar-refractivity contribution < 1.29 is 0 Å². The third-order valence-electron chi connectivity index (χ3n) is 3.28. The summed E-state index contributed by atoms with van der Waals surface area (Å²) in [6.07, 6.45) is 1.15. The van der Waals surface area contributed by atoms with E-state index in [4.69, 9.17) is 11.1 Å². The number of nitrogens with two attached hydrogens (primary N) is 1. The van der Waals surface area contributed by atoms with E-state index in [1.807, 2.05) is 19.1 Å². The van der Waals surface area contributed by atoms with Crippen molar-refractivity contribution in [2.45, 2.75) is 27.2 Å². The van der Waals surface area contributed by atoms with Gasteiger partial charge < -0.3 is 10.6 Å². The Morgan fingerprint density at radius 1 is 1.47 bits per heavy atom. The van der Waals surface area contributed by atoms with Gasteiger partial charge in [-0.15, -0.1) is 0 Å². The zero-order valence-corrected chi connectivity index (χ0v) is 10.7. The second-order valence-electron chi connectivity index (χ2n) is 5.57. The summed E-state index contributed by atoms with van der Waals surface area (Å²) >= 11 is 0. The number of hydrogen-bond donors (Lipinski definition) is 2. The topological polar surface area (TPSA) is 66.0 Å². The number of aromatic nitrogens is 1. The van der Waals surface area contributed by atoms with Crippen molar-refractivity contribution in [1.29, 1.82) is 5.41 Å². The Kier molecular flexibility index (Phi) is 2.81. The molecule has 1 aliphatic rings. The van der Waals surface area contributed by atoms with Gasteiger partial charge in [-0.2, -0.15) is 0 Å². The van der Waals surface area contributed by atoms with Crippen LogP contribution in [-0.4, -0.2) is 23.9 Å². The smallest absolute Gasteiger partial charge is 0.139 e. The standard InChI is InChI=1S/C13H20N4/c1-9-4-5-10(11(14)15)12(16-9)17-7-6-13(2,3)8-17/h4-5H,6-8H2,1-3H3,(H3,14,15). The van der Waals surface area contributed by atoms with Crippen LogP contribution >= 0.6 is 0 Å². The van der Waals surface area contributed by atoms with Crippen LogP contribution in [0.15, 0.2) is 12.1 Å². The molecule has 0 aliphatic carbocycles. The van der Waals surface area contributed by atoms with E-state index >= 15 is 0 Å². The number of nitrogens with zero attached hydrogens (tertiary/aromatic N) is 2. The SMILES string of the molecule is Cc1ccc(C(=N)N)c(N2CCC(C)(C)C2)n1. The molecule has 0 spiro atoms. The van der Waals surface area contributed by atoms with Crippen LogP contribution in [0, 0.1) is 17.7 Å². The Bertz CT molecular complexity index is 451. The molecule has 0 aromatic carbocycles. The van der Waals surface area contributed by atoms with Gasteiger partial charge in [-0.05, 0) is 30.9 Å². The van der Waals surface area contributed by atoms with Gasteiger partial charge in [-0.1, -0.05) is 13.8 Å². The van der Waals surface area contributed by atoms with Crippen LogP contribution in [0.5, 0.6) is 0 Å². The second kappa shape index (κ2) is 4.02. The molecule has 4 nitrogen and oxygen atoms in total. The summed E-state index contributed by atoms with van der Waals surface area (Å²) < 4.78 is 0. The molecule has 0 saturated carbocycles. The minimum absolute atomic E-state index is 0.0946. The molecule has 1 saturated heterocycles. The molecule has 0 amide bonds. The number of hydrogen-bond acceptors (Lipinski definition) is 3. The van der Waals surface area contributed by atoms with E-state index < -0.39 is 0 Å². The summed E-state index contributed by atoms with van der Waals surface area (Å²) in [5.74, 6) is 0.959. The number of anilines is 1. The fourth-order valence-corrected chi connectivity index (χ4v) is 2.29. The van der Waals surface area contributed by atoms with Gasteiger partial charge in [0.25, 0.3) is 0 Å². The van der Waals surface area contributed by atoms with Crippen LogP contribution in [0.3, 0.4) is 0 Å². The zero-order chi connectivity index (χ0) is 12.6. The van der Waals surface area contributed by atoms with Crippen molar-refractivity contribution in [2.24, 2.45) is 11.1 Å². The monoisotopic (exact) mass is 232 g/mol. The van der Waals surface area contributed by atoms with Crippen molar-refractivity contribution in [3.05, 3.63) is 23.4 Å². The molecule has 1 aromatic heterocycles. The lowest BCUT2D eigenvalue weighted by Crippen LogP contribution is -2.27. The minimum atomic E-state index is 0.0946. The molecule has 0 bridgehead atoms. The first-order chi connectivity index (χ1) is 7.89. The largest absolute Gasteiger partial charge is 0.384 e. The van der Waals surface area contributed by atoms with E-state index in [0.29, 0.717) is 5.41 Å². The van der Waals surface area contributed by atoms with Crippen molar-refractivity contribution in [1.82, 2.24) is 4.98 Å². The maximum absolute atomic E-state index is 7.62. The molecular formula is C13H20N4. The summed E-state index contributed by atoms with van der Waals surface area (Å²) in [4.78, 5) is 6.79. The van der Waals surface area contributed by atoms with Gasteiger partial charge in [0.15, 0.2) is 0 Å². The van der Waals surface area contributed by atoms with Crippen LogP contribution in [0.25, 0.3) is 0 Å². The maximum atomic E-state index is 7.62. The highest BCUT2D eigenvalue weighted by Crippen LogP contribution is 2.33. The molecular weight excluding hydrogens is 212 g/mol. The fraction of sp³-hybridized carbons (Fsp3) is 0.538. The number of nitrogens with one attached hydrogen (secondary N) is 1. The molecule has 2 heterocycles. The predicted molar refractivity (Wildman–Crippen MR) is 70.6 cm³/mol. The second-order valence-corrected chi connectivity index (χ2v) is 5.57.